The second-order valence-electron chi connectivity index (χ2n) is 5.90. The largest absolute Gasteiger partial charge is 0.494 e. The predicted octanol–water partition coefficient (Wildman–Crippen LogP) is 0.771. The van der Waals surface area contributed by atoms with Gasteiger partial charge in [-0.25, -0.2) is 4.79 Å². The zero-order chi connectivity index (χ0) is 19.8. The first-order valence-electron chi connectivity index (χ1n) is 8.06. The Balaban J connectivity index is 1.91. The van der Waals surface area contributed by atoms with Gasteiger partial charge in [0.15, 0.2) is 5.69 Å². The highest BCUT2D eigenvalue weighted by atomic mass is 16.6. The molecular weight excluding hydrogens is 366 g/mol. The van der Waals surface area contributed by atoms with Crippen molar-refractivity contribution in [3.63, 3.8) is 0 Å². The number of aliphatic imine (C=N–C) groups is 1. The number of aromatic nitrogens is 3. The zero-order valence-electron chi connectivity index (χ0n) is 14.1. The van der Waals surface area contributed by atoms with Gasteiger partial charge in [-0.2, -0.15) is 4.57 Å². The predicted molar refractivity (Wildman–Crippen MR) is 98.9 cm³/mol. The maximum Gasteiger partial charge on any atom is 0.336 e. The molecule has 1 aliphatic heterocycles. The van der Waals surface area contributed by atoms with Crippen LogP contribution in [0.5, 0.6) is 5.88 Å². The van der Waals surface area contributed by atoms with Crippen molar-refractivity contribution in [1.82, 2.24) is 9.97 Å². The highest BCUT2D eigenvalue weighted by molar-refractivity contribution is 6.01. The van der Waals surface area contributed by atoms with Gasteiger partial charge in [0.05, 0.1) is 16.7 Å². The summed E-state index contributed by atoms with van der Waals surface area (Å²) in [5.74, 6) is -0.159. The topological polar surface area (TPSA) is 145 Å². The number of nitrogens with zero attached hydrogens (tertiary/aromatic N) is 3. The number of aromatic amines is 2. The van der Waals surface area contributed by atoms with E-state index in [0.717, 1.165) is 0 Å². The van der Waals surface area contributed by atoms with E-state index < -0.39 is 22.1 Å². The Labute approximate surface area is 155 Å². The third-order valence-electron chi connectivity index (χ3n) is 4.13. The van der Waals surface area contributed by atoms with Gasteiger partial charge in [-0.15, -0.1) is 0 Å². The number of hydrogen-bond acceptors (Lipinski definition) is 6. The van der Waals surface area contributed by atoms with Gasteiger partial charge in [0, 0.05) is 18.2 Å². The normalized spacial score (nSPS) is 14.0. The summed E-state index contributed by atoms with van der Waals surface area (Å²) >= 11 is 0. The molecule has 0 radical (unpaired) electrons. The van der Waals surface area contributed by atoms with Crippen LogP contribution >= 0.6 is 0 Å². The first kappa shape index (κ1) is 17.1. The molecule has 10 nitrogen and oxygen atoms in total. The van der Waals surface area contributed by atoms with Crippen LogP contribution in [0.4, 0.5) is 5.69 Å². The molecule has 1 aromatic carbocycles. The molecule has 4 rings (SSSR count). The summed E-state index contributed by atoms with van der Waals surface area (Å²) in [5.41, 5.74) is -0.375. The summed E-state index contributed by atoms with van der Waals surface area (Å²) in [5, 5.41) is 21.0. The molecule has 0 saturated heterocycles. The summed E-state index contributed by atoms with van der Waals surface area (Å²) < 4.78 is 1.71. The van der Waals surface area contributed by atoms with Gasteiger partial charge in [-0.1, -0.05) is 12.1 Å². The quantitative estimate of drug-likeness (QED) is 0.350. The van der Waals surface area contributed by atoms with Crippen LogP contribution < -0.4 is 15.8 Å². The molecule has 0 saturated carbocycles. The van der Waals surface area contributed by atoms with Crippen LogP contribution in [0.3, 0.4) is 0 Å². The molecule has 10 heteroatoms. The Bertz CT molecular complexity index is 1300. The van der Waals surface area contributed by atoms with E-state index in [9.17, 15) is 24.8 Å². The minimum Gasteiger partial charge on any atom is -0.494 e. The fourth-order valence-corrected chi connectivity index (χ4v) is 2.88. The second-order valence-corrected chi connectivity index (χ2v) is 5.90. The van der Waals surface area contributed by atoms with Crippen LogP contribution in [0.1, 0.15) is 16.8 Å². The molecule has 0 bridgehead atoms. The van der Waals surface area contributed by atoms with Crippen molar-refractivity contribution in [2.45, 2.75) is 0 Å². The fourth-order valence-electron chi connectivity index (χ4n) is 2.88. The number of nitro benzene ring substituents is 1. The van der Waals surface area contributed by atoms with Gasteiger partial charge in [0.25, 0.3) is 11.2 Å². The van der Waals surface area contributed by atoms with E-state index >= 15 is 0 Å². The maximum atomic E-state index is 12.0. The Kier molecular flexibility index (Phi) is 3.93. The van der Waals surface area contributed by atoms with E-state index in [-0.39, 0.29) is 11.3 Å². The average Bonchev–Trinajstić information content (AvgIpc) is 3.03. The molecule has 3 heterocycles. The number of hydrogen-bond donors (Lipinski definition) is 3. The standard InChI is InChI=1S/C18H11N5O5/c24-16-12(17(25)21-18(26)20-16)9-13-14-6-1-2-7-22(14)15(19-13)10-4-3-5-11(8-10)23(27)28/h1-9H,(H2,20,21,24,25,26)/p+1. The molecule has 0 aliphatic carbocycles. The van der Waals surface area contributed by atoms with E-state index in [2.05, 4.69) is 9.98 Å². The number of H-pyrrole nitrogens is 2. The van der Waals surface area contributed by atoms with Crippen LogP contribution in [-0.4, -0.2) is 25.8 Å². The van der Waals surface area contributed by atoms with Crippen LogP contribution in [0.2, 0.25) is 0 Å². The van der Waals surface area contributed by atoms with E-state index in [0.29, 0.717) is 22.8 Å². The number of pyridine rings is 1. The molecule has 1 aliphatic rings. The minimum atomic E-state index is -0.827. The number of benzene rings is 1. The van der Waals surface area contributed by atoms with Gasteiger partial charge < -0.3 is 5.11 Å². The SMILES string of the molecule is O=c1[nH]c(O)c(/C=C2\N=C(c3cccc([N+](=O)[O-])c3)[n+]3ccccc32)c(=O)[nH]1. The number of nitro groups is 1. The number of fused-ring (bicyclic) bond motifs is 1. The summed E-state index contributed by atoms with van der Waals surface area (Å²) in [7, 11) is 0. The molecule has 3 N–H and O–H groups in total. The molecule has 3 aromatic rings. The van der Waals surface area contributed by atoms with Crippen molar-refractivity contribution in [3.8, 4) is 5.88 Å². The van der Waals surface area contributed by atoms with Crippen molar-refractivity contribution in [1.29, 1.82) is 0 Å². The molecule has 0 amide bonds. The van der Waals surface area contributed by atoms with Crippen LogP contribution in [-0.2, 0) is 0 Å². The molecule has 2 aromatic heterocycles. The molecule has 138 valence electrons. The van der Waals surface area contributed by atoms with Crippen molar-refractivity contribution in [2.24, 2.45) is 4.99 Å². The summed E-state index contributed by atoms with van der Waals surface area (Å²) in [6.45, 7) is 0. The number of aromatic hydroxyl groups is 1. The lowest BCUT2D eigenvalue weighted by atomic mass is 10.2. The third kappa shape index (κ3) is 2.88. The molecule has 0 unspecified atom stereocenters. The highest BCUT2D eigenvalue weighted by Crippen LogP contribution is 2.24. The molecule has 0 atom stereocenters. The number of rotatable bonds is 3. The lowest BCUT2D eigenvalue weighted by Gasteiger charge is -1.99. The average molecular weight is 378 g/mol. The number of non-ortho nitro benzene ring substituents is 1. The number of nitrogens with one attached hydrogen (secondary N) is 2. The van der Waals surface area contributed by atoms with E-state index in [1.807, 2.05) is 4.98 Å². The third-order valence-corrected chi connectivity index (χ3v) is 4.13. The first-order valence-corrected chi connectivity index (χ1v) is 8.06. The van der Waals surface area contributed by atoms with Crippen molar-refractivity contribution < 1.29 is 14.6 Å². The lowest BCUT2D eigenvalue weighted by molar-refractivity contribution is -0.553. The minimum absolute atomic E-state index is 0.0783. The first-order chi connectivity index (χ1) is 13.4. The Hall–Kier alpha value is -4.34. The van der Waals surface area contributed by atoms with Gasteiger partial charge in [-0.05, 0) is 23.2 Å². The lowest BCUT2D eigenvalue weighted by Crippen LogP contribution is -2.42. The van der Waals surface area contributed by atoms with Gasteiger partial charge in [0.1, 0.15) is 5.56 Å². The van der Waals surface area contributed by atoms with Crippen LogP contribution in [0.15, 0.2) is 63.2 Å². The molecule has 28 heavy (non-hydrogen) atoms. The Morgan fingerprint density at radius 3 is 2.71 bits per heavy atom. The smallest absolute Gasteiger partial charge is 0.336 e. The highest BCUT2D eigenvalue weighted by Gasteiger charge is 2.32. The van der Waals surface area contributed by atoms with Crippen molar-refractivity contribution in [3.05, 3.63) is 96.4 Å². The van der Waals surface area contributed by atoms with Crippen molar-refractivity contribution in [2.75, 3.05) is 0 Å². The fraction of sp³-hybridized carbons (Fsp3) is 0. The second kappa shape index (κ2) is 6.43. The van der Waals surface area contributed by atoms with Crippen LogP contribution in [0, 0.1) is 10.1 Å². The van der Waals surface area contributed by atoms with Crippen LogP contribution in [0.25, 0.3) is 11.8 Å². The summed E-state index contributed by atoms with van der Waals surface area (Å²) in [6.07, 6.45) is 3.06. The van der Waals surface area contributed by atoms with E-state index in [1.165, 1.54) is 18.2 Å². The Morgan fingerprint density at radius 2 is 1.96 bits per heavy atom. The van der Waals surface area contributed by atoms with Gasteiger partial charge in [0.2, 0.25) is 11.6 Å². The maximum absolute atomic E-state index is 12.0. The van der Waals surface area contributed by atoms with E-state index in [4.69, 9.17) is 0 Å². The van der Waals surface area contributed by atoms with E-state index in [1.54, 1.807) is 41.1 Å². The van der Waals surface area contributed by atoms with Gasteiger partial charge in [-0.3, -0.25) is 24.9 Å². The summed E-state index contributed by atoms with van der Waals surface area (Å²) in [6, 6.07) is 11.3. The Morgan fingerprint density at radius 1 is 1.14 bits per heavy atom. The zero-order valence-corrected chi connectivity index (χ0v) is 14.1. The molecular formula is C18H12N5O5+. The molecule has 0 fully saturated rings. The molecule has 0 spiro atoms. The van der Waals surface area contributed by atoms with Crippen molar-refractivity contribution >= 4 is 23.3 Å². The van der Waals surface area contributed by atoms with Gasteiger partial charge >= 0.3 is 11.5 Å². The summed E-state index contributed by atoms with van der Waals surface area (Å²) in [4.78, 5) is 42.5. The monoisotopic (exact) mass is 378 g/mol.